The van der Waals surface area contributed by atoms with Gasteiger partial charge in [-0.2, -0.15) is 5.10 Å². The Labute approximate surface area is 175 Å². The van der Waals surface area contributed by atoms with Crippen LogP contribution in [0.3, 0.4) is 0 Å². The molecule has 2 fully saturated rings. The van der Waals surface area contributed by atoms with Crippen molar-refractivity contribution in [2.45, 2.75) is 58.0 Å². The zero-order valence-corrected chi connectivity index (χ0v) is 17.0. The van der Waals surface area contributed by atoms with Gasteiger partial charge >= 0.3 is 0 Å². The second-order valence-corrected chi connectivity index (χ2v) is 8.59. The highest BCUT2D eigenvalue weighted by Gasteiger charge is 2.42. The molecule has 1 amide bonds. The Balaban J connectivity index is 1.44. The Kier molecular flexibility index (Phi) is 5.83. The van der Waals surface area contributed by atoms with Crippen molar-refractivity contribution in [3.05, 3.63) is 40.1 Å². The highest BCUT2D eigenvalue weighted by atomic mass is 35.5. The number of rotatable bonds is 7. The van der Waals surface area contributed by atoms with Gasteiger partial charge in [0.2, 0.25) is 0 Å². The molecule has 0 radical (unpaired) electrons. The molecule has 164 valence electrons. The van der Waals surface area contributed by atoms with Crippen LogP contribution >= 0.6 is 11.6 Å². The molecule has 1 N–H and O–H groups in total. The SMILES string of the molecule is CC(NC(=O)c1ccc(Cn2nc(C(F)F)c(Cl)c2C(F)F)o1)C1CC2CCC1C2. The molecule has 0 saturated heterocycles. The predicted molar refractivity (Wildman–Crippen MR) is 101 cm³/mol. The van der Waals surface area contributed by atoms with Crippen molar-refractivity contribution in [3.8, 4) is 0 Å². The summed E-state index contributed by atoms with van der Waals surface area (Å²) in [6.07, 6.45) is -1.33. The van der Waals surface area contributed by atoms with Crippen LogP contribution in [0.15, 0.2) is 16.5 Å². The Bertz CT molecular complexity index is 929. The topological polar surface area (TPSA) is 60.1 Å². The molecule has 2 saturated carbocycles. The van der Waals surface area contributed by atoms with Gasteiger partial charge in [0, 0.05) is 6.04 Å². The maximum atomic E-state index is 13.3. The molecule has 4 atom stereocenters. The number of furan rings is 1. The molecule has 4 rings (SSSR count). The van der Waals surface area contributed by atoms with E-state index in [0.29, 0.717) is 16.5 Å². The van der Waals surface area contributed by atoms with Gasteiger partial charge in [-0.3, -0.25) is 9.48 Å². The fourth-order valence-electron chi connectivity index (χ4n) is 4.96. The number of amides is 1. The van der Waals surface area contributed by atoms with Crippen LogP contribution in [0.1, 0.15) is 73.2 Å². The van der Waals surface area contributed by atoms with Crippen molar-refractivity contribution in [3.63, 3.8) is 0 Å². The molecular weight excluding hydrogens is 426 g/mol. The third kappa shape index (κ3) is 3.96. The number of alkyl halides is 4. The molecule has 5 nitrogen and oxygen atoms in total. The minimum atomic E-state index is -3.09. The zero-order chi connectivity index (χ0) is 21.6. The third-order valence-corrected chi connectivity index (χ3v) is 6.74. The molecule has 30 heavy (non-hydrogen) atoms. The number of nitrogens with one attached hydrogen (secondary N) is 1. The van der Waals surface area contributed by atoms with E-state index in [0.717, 1.165) is 12.3 Å². The smallest absolute Gasteiger partial charge is 0.287 e. The summed E-state index contributed by atoms with van der Waals surface area (Å²) in [5.41, 5.74) is -1.71. The van der Waals surface area contributed by atoms with Crippen molar-refractivity contribution < 1.29 is 26.8 Å². The largest absolute Gasteiger partial charge is 0.454 e. The van der Waals surface area contributed by atoms with E-state index >= 15 is 0 Å². The summed E-state index contributed by atoms with van der Waals surface area (Å²) in [4.78, 5) is 12.5. The second-order valence-electron chi connectivity index (χ2n) is 8.21. The Hall–Kier alpha value is -2.03. The number of hydrogen-bond acceptors (Lipinski definition) is 3. The van der Waals surface area contributed by atoms with Crippen molar-refractivity contribution >= 4 is 17.5 Å². The molecule has 4 unspecified atom stereocenters. The van der Waals surface area contributed by atoms with E-state index in [1.54, 1.807) is 0 Å². The fourth-order valence-corrected chi connectivity index (χ4v) is 5.26. The first-order valence-corrected chi connectivity index (χ1v) is 10.3. The molecule has 0 aromatic carbocycles. The minimum absolute atomic E-state index is 0.00492. The molecule has 2 heterocycles. The van der Waals surface area contributed by atoms with E-state index in [2.05, 4.69) is 10.4 Å². The van der Waals surface area contributed by atoms with E-state index in [1.165, 1.54) is 31.4 Å². The number of nitrogens with zero attached hydrogens (tertiary/aromatic N) is 2. The van der Waals surface area contributed by atoms with Gasteiger partial charge in [-0.1, -0.05) is 18.0 Å². The molecule has 2 aromatic rings. The second kappa shape index (κ2) is 8.24. The molecule has 0 spiro atoms. The number of carbonyl (C=O) groups excluding carboxylic acids is 1. The van der Waals surface area contributed by atoms with Gasteiger partial charge in [0.15, 0.2) is 5.76 Å². The lowest BCUT2D eigenvalue weighted by Gasteiger charge is -2.28. The first-order valence-electron chi connectivity index (χ1n) is 9.96. The molecule has 2 bridgehead atoms. The van der Waals surface area contributed by atoms with Crippen LogP contribution in [0.25, 0.3) is 0 Å². The summed E-state index contributed by atoms with van der Waals surface area (Å²) in [5, 5.41) is 5.70. The van der Waals surface area contributed by atoms with E-state index in [9.17, 15) is 22.4 Å². The maximum absolute atomic E-state index is 13.3. The van der Waals surface area contributed by atoms with E-state index in [4.69, 9.17) is 16.0 Å². The Morgan fingerprint density at radius 2 is 2.03 bits per heavy atom. The van der Waals surface area contributed by atoms with Gasteiger partial charge in [-0.05, 0) is 56.1 Å². The summed E-state index contributed by atoms with van der Waals surface area (Å²) >= 11 is 5.65. The van der Waals surface area contributed by atoms with Crippen LogP contribution in [-0.2, 0) is 6.54 Å². The standard InChI is InChI=1S/C20H22ClF4N3O2/c1-9(13-7-10-2-3-11(13)6-10)26-20(29)14-5-4-12(30-14)8-28-17(19(24)25)15(21)16(27-28)18(22)23/h4-5,9-11,13,18-19H,2-3,6-8H2,1H3,(H,26,29). The summed E-state index contributed by atoms with van der Waals surface area (Å²) in [7, 11) is 0. The predicted octanol–water partition coefficient (Wildman–Crippen LogP) is 5.61. The number of aromatic nitrogens is 2. The minimum Gasteiger partial charge on any atom is -0.454 e. The first kappa shape index (κ1) is 21.2. The van der Waals surface area contributed by atoms with Gasteiger partial charge in [-0.25, -0.2) is 17.6 Å². The van der Waals surface area contributed by atoms with Crippen LogP contribution in [0.5, 0.6) is 0 Å². The number of fused-ring (bicyclic) bond motifs is 2. The number of halogens is 5. The lowest BCUT2D eigenvalue weighted by Crippen LogP contribution is -2.40. The summed E-state index contributed by atoms with van der Waals surface area (Å²) in [5.74, 6) is 1.64. The monoisotopic (exact) mass is 447 g/mol. The molecule has 0 aliphatic heterocycles. The van der Waals surface area contributed by atoms with Crippen molar-refractivity contribution in [1.82, 2.24) is 15.1 Å². The van der Waals surface area contributed by atoms with Crippen molar-refractivity contribution in [2.24, 2.45) is 17.8 Å². The third-order valence-electron chi connectivity index (χ3n) is 6.35. The van der Waals surface area contributed by atoms with E-state index in [1.807, 2.05) is 6.92 Å². The molecule has 2 aliphatic rings. The Morgan fingerprint density at radius 1 is 1.27 bits per heavy atom. The highest BCUT2D eigenvalue weighted by Crippen LogP contribution is 2.49. The first-order chi connectivity index (χ1) is 14.2. The lowest BCUT2D eigenvalue weighted by molar-refractivity contribution is 0.0884. The van der Waals surface area contributed by atoms with E-state index < -0.39 is 35.2 Å². The summed E-state index contributed by atoms with van der Waals surface area (Å²) in [6, 6.07) is 2.87. The van der Waals surface area contributed by atoms with Crippen LogP contribution in [0.2, 0.25) is 5.02 Å². The van der Waals surface area contributed by atoms with Crippen molar-refractivity contribution in [1.29, 1.82) is 0 Å². The van der Waals surface area contributed by atoms with Crippen molar-refractivity contribution in [2.75, 3.05) is 0 Å². The summed E-state index contributed by atoms with van der Waals surface area (Å²) < 4.78 is 58.6. The van der Waals surface area contributed by atoms with Gasteiger partial charge in [0.1, 0.15) is 17.1 Å². The fraction of sp³-hybridized carbons (Fsp3) is 0.600. The summed E-state index contributed by atoms with van der Waals surface area (Å²) in [6.45, 7) is 1.64. The molecule has 10 heteroatoms. The van der Waals surface area contributed by atoms with Crippen LogP contribution in [0, 0.1) is 17.8 Å². The number of carbonyl (C=O) groups is 1. The van der Waals surface area contributed by atoms with Crippen LogP contribution < -0.4 is 5.32 Å². The van der Waals surface area contributed by atoms with Crippen LogP contribution in [-0.4, -0.2) is 21.7 Å². The molecular formula is C20H22ClF4N3O2. The quantitative estimate of drug-likeness (QED) is 0.561. The average molecular weight is 448 g/mol. The normalized spacial score (nSPS) is 24.2. The average Bonchev–Trinajstić information content (AvgIpc) is 3.45. The zero-order valence-electron chi connectivity index (χ0n) is 16.3. The molecule has 2 aliphatic carbocycles. The van der Waals surface area contributed by atoms with Gasteiger partial charge in [0.25, 0.3) is 18.8 Å². The lowest BCUT2D eigenvalue weighted by atomic mass is 9.84. The number of hydrogen-bond donors (Lipinski definition) is 1. The highest BCUT2D eigenvalue weighted by molar-refractivity contribution is 6.32. The Morgan fingerprint density at radius 3 is 2.63 bits per heavy atom. The van der Waals surface area contributed by atoms with Gasteiger partial charge in [0.05, 0.1) is 11.6 Å². The van der Waals surface area contributed by atoms with E-state index in [-0.39, 0.29) is 24.1 Å². The molecule has 2 aromatic heterocycles. The van der Waals surface area contributed by atoms with Gasteiger partial charge in [-0.15, -0.1) is 0 Å². The van der Waals surface area contributed by atoms with Crippen LogP contribution in [0.4, 0.5) is 17.6 Å². The maximum Gasteiger partial charge on any atom is 0.287 e. The van der Waals surface area contributed by atoms with Gasteiger partial charge < -0.3 is 9.73 Å².